The van der Waals surface area contributed by atoms with Gasteiger partial charge in [-0.1, -0.05) is 24.3 Å². The fraction of sp³-hybridized carbons (Fsp3) is 0.300. The monoisotopic (exact) mass is 399 g/mol. The lowest BCUT2D eigenvalue weighted by molar-refractivity contribution is -0.0245. The second kappa shape index (κ2) is 7.23. The Morgan fingerprint density at radius 2 is 1.93 bits per heavy atom. The number of carbonyl (C=O) groups is 1. The number of halogens is 2. The van der Waals surface area contributed by atoms with Crippen molar-refractivity contribution >= 4 is 5.91 Å². The summed E-state index contributed by atoms with van der Waals surface area (Å²) in [6.07, 6.45) is 4.94. The van der Waals surface area contributed by atoms with Crippen LogP contribution in [0.1, 0.15) is 28.5 Å². The predicted molar refractivity (Wildman–Crippen MR) is 100 cm³/mol. The number of benzene rings is 1. The molecule has 9 heteroatoms. The van der Waals surface area contributed by atoms with Crippen LogP contribution in [-0.2, 0) is 20.1 Å². The number of hydrogen-bond acceptors (Lipinski definition) is 5. The number of aromatic nitrogens is 4. The average molecular weight is 399 g/mol. The number of hydrogen-bond donors (Lipinski definition) is 0. The maximum absolute atomic E-state index is 13.1. The van der Waals surface area contributed by atoms with Gasteiger partial charge in [-0.15, -0.1) is 0 Å². The van der Waals surface area contributed by atoms with Crippen LogP contribution in [0, 0.1) is 0 Å². The van der Waals surface area contributed by atoms with E-state index in [9.17, 15) is 13.6 Å². The van der Waals surface area contributed by atoms with Crippen molar-refractivity contribution < 1.29 is 18.3 Å². The van der Waals surface area contributed by atoms with Gasteiger partial charge in [0.25, 0.3) is 11.8 Å². The largest absolute Gasteiger partial charge is 0.471 e. The third-order valence-corrected chi connectivity index (χ3v) is 4.56. The zero-order chi connectivity index (χ0) is 20.6. The standard InChI is InChI=1S/C20H19F2N5O2/c1-20(21,22)11-29-18-17-16(23-12-24-18)10-27(19(17)28)8-13-3-5-14(6-4-13)15-7-25-26(2)9-15/h3-7,9,12H,8,10-11H2,1-2H3. The molecule has 3 aromatic rings. The first-order valence-corrected chi connectivity index (χ1v) is 9.02. The van der Waals surface area contributed by atoms with E-state index in [1.165, 1.54) is 6.33 Å². The predicted octanol–water partition coefficient (Wildman–Crippen LogP) is 3.07. The van der Waals surface area contributed by atoms with Gasteiger partial charge in [-0.25, -0.2) is 18.7 Å². The Bertz CT molecular complexity index is 1040. The van der Waals surface area contributed by atoms with Crippen molar-refractivity contribution in [3.8, 4) is 17.0 Å². The minimum absolute atomic E-state index is 0.101. The van der Waals surface area contributed by atoms with Crippen LogP contribution in [0.2, 0.25) is 0 Å². The smallest absolute Gasteiger partial charge is 0.278 e. The minimum atomic E-state index is -3.02. The maximum atomic E-state index is 13.1. The highest BCUT2D eigenvalue weighted by atomic mass is 19.3. The summed E-state index contributed by atoms with van der Waals surface area (Å²) in [7, 11) is 1.86. The molecular formula is C20H19F2N5O2. The first kappa shape index (κ1) is 19.0. The van der Waals surface area contributed by atoms with Crippen LogP contribution in [0.4, 0.5) is 8.78 Å². The average Bonchev–Trinajstić information content (AvgIpc) is 3.24. The Balaban J connectivity index is 1.48. The lowest BCUT2D eigenvalue weighted by Gasteiger charge is -2.16. The minimum Gasteiger partial charge on any atom is -0.471 e. The van der Waals surface area contributed by atoms with Gasteiger partial charge >= 0.3 is 0 Å². The Hall–Kier alpha value is -3.36. The molecule has 150 valence electrons. The van der Waals surface area contributed by atoms with Gasteiger partial charge in [-0.3, -0.25) is 9.48 Å². The Labute approximate surface area is 166 Å². The molecule has 0 unspecified atom stereocenters. The summed E-state index contributed by atoms with van der Waals surface area (Å²) in [5, 5.41) is 4.16. The summed E-state index contributed by atoms with van der Waals surface area (Å²) in [6, 6.07) is 7.83. The number of rotatable bonds is 6. The molecule has 1 aromatic carbocycles. The highest BCUT2D eigenvalue weighted by molar-refractivity contribution is 5.99. The highest BCUT2D eigenvalue weighted by Gasteiger charge is 2.34. The van der Waals surface area contributed by atoms with Crippen LogP contribution in [0.25, 0.3) is 11.1 Å². The molecule has 7 nitrogen and oxygen atoms in total. The first-order valence-electron chi connectivity index (χ1n) is 9.02. The molecule has 2 aromatic heterocycles. The van der Waals surface area contributed by atoms with Gasteiger partial charge in [0.2, 0.25) is 5.88 Å². The van der Waals surface area contributed by atoms with E-state index in [4.69, 9.17) is 4.74 Å². The van der Waals surface area contributed by atoms with E-state index >= 15 is 0 Å². The van der Waals surface area contributed by atoms with Crippen LogP contribution >= 0.6 is 0 Å². The van der Waals surface area contributed by atoms with Crippen LogP contribution in [0.5, 0.6) is 5.88 Å². The topological polar surface area (TPSA) is 73.1 Å². The molecule has 3 heterocycles. The molecule has 1 aliphatic heterocycles. The number of nitrogens with zero attached hydrogens (tertiary/aromatic N) is 5. The summed E-state index contributed by atoms with van der Waals surface area (Å²) >= 11 is 0. The van der Waals surface area contributed by atoms with Crippen molar-refractivity contribution in [2.75, 3.05) is 6.61 Å². The molecule has 0 saturated carbocycles. The van der Waals surface area contributed by atoms with Gasteiger partial charge in [0.05, 0.1) is 18.4 Å². The Kier molecular flexibility index (Phi) is 4.73. The lowest BCUT2D eigenvalue weighted by atomic mass is 10.1. The van der Waals surface area contributed by atoms with E-state index < -0.39 is 12.5 Å². The Morgan fingerprint density at radius 3 is 2.59 bits per heavy atom. The zero-order valence-corrected chi connectivity index (χ0v) is 16.0. The Morgan fingerprint density at radius 1 is 1.17 bits per heavy atom. The second-order valence-corrected chi connectivity index (χ2v) is 7.12. The number of ether oxygens (including phenoxy) is 1. The number of amides is 1. The SMILES string of the molecule is Cn1cc(-c2ccc(CN3Cc4ncnc(OCC(C)(F)F)c4C3=O)cc2)cn1. The van der Waals surface area contributed by atoms with Crippen molar-refractivity contribution in [2.45, 2.75) is 25.9 Å². The summed E-state index contributed by atoms with van der Waals surface area (Å²) in [5.74, 6) is -3.45. The van der Waals surface area contributed by atoms with Crippen LogP contribution < -0.4 is 4.74 Å². The fourth-order valence-corrected chi connectivity index (χ4v) is 3.17. The maximum Gasteiger partial charge on any atom is 0.278 e. The molecule has 0 saturated heterocycles. The number of aryl methyl sites for hydroxylation is 1. The molecule has 0 aliphatic carbocycles. The second-order valence-electron chi connectivity index (χ2n) is 7.12. The third kappa shape index (κ3) is 4.08. The fourth-order valence-electron chi connectivity index (χ4n) is 3.17. The lowest BCUT2D eigenvalue weighted by Crippen LogP contribution is -2.25. The van der Waals surface area contributed by atoms with Gasteiger partial charge < -0.3 is 9.64 Å². The zero-order valence-electron chi connectivity index (χ0n) is 16.0. The van der Waals surface area contributed by atoms with E-state index in [1.54, 1.807) is 15.8 Å². The molecule has 0 atom stereocenters. The summed E-state index contributed by atoms with van der Waals surface area (Å²) in [6.45, 7) is 0.545. The number of fused-ring (bicyclic) bond motifs is 1. The van der Waals surface area contributed by atoms with Gasteiger partial charge in [0, 0.05) is 32.3 Å². The van der Waals surface area contributed by atoms with Crippen molar-refractivity contribution in [3.05, 3.63) is 59.8 Å². The van der Waals surface area contributed by atoms with Crippen molar-refractivity contribution in [1.29, 1.82) is 0 Å². The van der Waals surface area contributed by atoms with E-state index in [-0.39, 0.29) is 23.9 Å². The number of alkyl halides is 2. The summed E-state index contributed by atoms with van der Waals surface area (Å²) in [4.78, 5) is 22.4. The molecule has 0 N–H and O–H groups in total. The molecule has 4 rings (SSSR count). The van der Waals surface area contributed by atoms with Crippen LogP contribution in [0.15, 0.2) is 43.0 Å². The van der Waals surface area contributed by atoms with E-state index in [2.05, 4.69) is 15.1 Å². The van der Waals surface area contributed by atoms with Crippen molar-refractivity contribution in [3.63, 3.8) is 0 Å². The quantitative estimate of drug-likeness (QED) is 0.637. The molecule has 1 amide bonds. The van der Waals surface area contributed by atoms with Crippen LogP contribution in [-0.4, -0.2) is 43.1 Å². The molecule has 0 spiro atoms. The summed E-state index contributed by atoms with van der Waals surface area (Å²) < 4.78 is 33.0. The van der Waals surface area contributed by atoms with Gasteiger partial charge in [-0.05, 0) is 11.1 Å². The molecular weight excluding hydrogens is 380 g/mol. The molecule has 29 heavy (non-hydrogen) atoms. The molecule has 0 fully saturated rings. The molecule has 0 bridgehead atoms. The van der Waals surface area contributed by atoms with Crippen molar-refractivity contribution in [1.82, 2.24) is 24.6 Å². The normalized spacial score (nSPS) is 13.7. The third-order valence-electron chi connectivity index (χ3n) is 4.56. The highest BCUT2D eigenvalue weighted by Crippen LogP contribution is 2.30. The van der Waals surface area contributed by atoms with E-state index in [1.807, 2.05) is 37.5 Å². The van der Waals surface area contributed by atoms with Gasteiger partial charge in [0.1, 0.15) is 11.9 Å². The van der Waals surface area contributed by atoms with Gasteiger partial charge in [-0.2, -0.15) is 5.10 Å². The van der Waals surface area contributed by atoms with Gasteiger partial charge in [0.15, 0.2) is 6.61 Å². The molecule has 0 radical (unpaired) electrons. The van der Waals surface area contributed by atoms with Crippen molar-refractivity contribution in [2.24, 2.45) is 7.05 Å². The van der Waals surface area contributed by atoms with Crippen LogP contribution in [0.3, 0.4) is 0 Å². The van der Waals surface area contributed by atoms with E-state index in [0.717, 1.165) is 23.6 Å². The first-order chi connectivity index (χ1) is 13.8. The van der Waals surface area contributed by atoms with E-state index in [0.29, 0.717) is 12.2 Å². The molecule has 1 aliphatic rings. The summed E-state index contributed by atoms with van der Waals surface area (Å²) in [5.41, 5.74) is 3.61. The number of carbonyl (C=O) groups excluding carboxylic acids is 1.